The highest BCUT2D eigenvalue weighted by atomic mass is 35.5. The molecule has 0 aliphatic heterocycles. The minimum Gasteiger partial charge on any atom is -0.325 e. The summed E-state index contributed by atoms with van der Waals surface area (Å²) >= 11 is 0. The van der Waals surface area contributed by atoms with Gasteiger partial charge in [0.15, 0.2) is 0 Å². The molecule has 140 valence electrons. The van der Waals surface area contributed by atoms with Crippen LogP contribution in [-0.2, 0) is 16.0 Å². The van der Waals surface area contributed by atoms with Crippen molar-refractivity contribution in [2.24, 2.45) is 11.7 Å². The molecule has 7 heteroatoms. The fourth-order valence-electron chi connectivity index (χ4n) is 2.20. The minimum absolute atomic E-state index is 0. The van der Waals surface area contributed by atoms with Gasteiger partial charge in [0.1, 0.15) is 5.82 Å². The SMILES string of the molecule is CC(C)[C@H](N)C(=O)Nc1ccc(F)c(NC(=O)Cc2ccccc2)c1.Cl. The van der Waals surface area contributed by atoms with Crippen molar-refractivity contribution in [2.45, 2.75) is 26.3 Å². The maximum absolute atomic E-state index is 13.9. The van der Waals surface area contributed by atoms with E-state index in [1.807, 2.05) is 44.2 Å². The molecule has 2 aromatic rings. The Kier molecular flexibility index (Phi) is 8.22. The lowest BCUT2D eigenvalue weighted by Crippen LogP contribution is -2.39. The molecule has 0 saturated carbocycles. The van der Waals surface area contributed by atoms with Crippen molar-refractivity contribution in [1.29, 1.82) is 0 Å². The number of nitrogens with two attached hydrogens (primary N) is 1. The molecule has 0 heterocycles. The summed E-state index contributed by atoms with van der Waals surface area (Å²) in [5.74, 6) is -1.30. The van der Waals surface area contributed by atoms with Crippen LogP contribution >= 0.6 is 12.4 Å². The van der Waals surface area contributed by atoms with Crippen LogP contribution in [0.15, 0.2) is 48.5 Å². The fraction of sp³-hybridized carbons (Fsp3) is 0.263. The van der Waals surface area contributed by atoms with Gasteiger partial charge in [0.25, 0.3) is 0 Å². The van der Waals surface area contributed by atoms with Gasteiger partial charge in [-0.3, -0.25) is 9.59 Å². The molecule has 0 saturated heterocycles. The van der Waals surface area contributed by atoms with E-state index in [0.717, 1.165) is 5.56 Å². The van der Waals surface area contributed by atoms with Gasteiger partial charge in [-0.1, -0.05) is 44.2 Å². The molecule has 2 aromatic carbocycles. The number of rotatable bonds is 6. The third-order valence-corrected chi connectivity index (χ3v) is 3.74. The molecular weight excluding hydrogens is 357 g/mol. The van der Waals surface area contributed by atoms with Crippen molar-refractivity contribution in [3.8, 4) is 0 Å². The average Bonchev–Trinajstić information content (AvgIpc) is 2.57. The Morgan fingerprint density at radius 1 is 1.08 bits per heavy atom. The van der Waals surface area contributed by atoms with Crippen LogP contribution in [0.25, 0.3) is 0 Å². The second kappa shape index (κ2) is 9.89. The minimum atomic E-state index is -0.666. The summed E-state index contributed by atoms with van der Waals surface area (Å²) in [6.45, 7) is 3.67. The smallest absolute Gasteiger partial charge is 0.241 e. The highest BCUT2D eigenvalue weighted by Crippen LogP contribution is 2.20. The van der Waals surface area contributed by atoms with E-state index in [1.54, 1.807) is 0 Å². The predicted octanol–water partition coefficient (Wildman–Crippen LogP) is 3.35. The molecule has 4 N–H and O–H groups in total. The van der Waals surface area contributed by atoms with E-state index in [4.69, 9.17) is 5.73 Å². The molecule has 0 aliphatic rings. The maximum atomic E-state index is 13.9. The number of carbonyl (C=O) groups excluding carboxylic acids is 2. The van der Waals surface area contributed by atoms with E-state index in [1.165, 1.54) is 18.2 Å². The molecule has 0 bridgehead atoms. The number of amides is 2. The van der Waals surface area contributed by atoms with Crippen LogP contribution in [-0.4, -0.2) is 17.9 Å². The van der Waals surface area contributed by atoms with Crippen LogP contribution in [0.5, 0.6) is 0 Å². The topological polar surface area (TPSA) is 84.2 Å². The summed E-state index contributed by atoms with van der Waals surface area (Å²) in [6.07, 6.45) is 0.134. The van der Waals surface area contributed by atoms with Gasteiger partial charge in [0, 0.05) is 5.69 Å². The van der Waals surface area contributed by atoms with Crippen LogP contribution in [0.3, 0.4) is 0 Å². The van der Waals surface area contributed by atoms with Gasteiger partial charge >= 0.3 is 0 Å². The van der Waals surface area contributed by atoms with Crippen molar-refractivity contribution >= 4 is 35.6 Å². The molecule has 0 aliphatic carbocycles. The molecule has 26 heavy (non-hydrogen) atoms. The number of carbonyl (C=O) groups is 2. The van der Waals surface area contributed by atoms with E-state index in [2.05, 4.69) is 10.6 Å². The Labute approximate surface area is 158 Å². The molecule has 1 atom stereocenters. The van der Waals surface area contributed by atoms with Crippen molar-refractivity contribution in [3.05, 3.63) is 59.9 Å². The second-order valence-corrected chi connectivity index (χ2v) is 6.16. The van der Waals surface area contributed by atoms with Crippen molar-refractivity contribution in [3.63, 3.8) is 0 Å². The lowest BCUT2D eigenvalue weighted by Gasteiger charge is -2.16. The summed E-state index contributed by atoms with van der Waals surface area (Å²) in [7, 11) is 0. The average molecular weight is 380 g/mol. The van der Waals surface area contributed by atoms with Gasteiger partial charge in [-0.15, -0.1) is 12.4 Å². The number of benzene rings is 2. The molecule has 0 aromatic heterocycles. The lowest BCUT2D eigenvalue weighted by molar-refractivity contribution is -0.118. The zero-order chi connectivity index (χ0) is 18.4. The van der Waals surface area contributed by atoms with Gasteiger partial charge in [-0.25, -0.2) is 4.39 Å². The number of nitrogens with one attached hydrogen (secondary N) is 2. The predicted molar refractivity (Wildman–Crippen MR) is 104 cm³/mol. The maximum Gasteiger partial charge on any atom is 0.241 e. The first kappa shape index (κ1) is 21.6. The normalized spacial score (nSPS) is 11.4. The molecule has 0 unspecified atom stereocenters. The summed E-state index contributed by atoms with van der Waals surface area (Å²) in [5.41, 5.74) is 7.00. The summed E-state index contributed by atoms with van der Waals surface area (Å²) in [6, 6.07) is 12.5. The number of halogens is 2. The largest absolute Gasteiger partial charge is 0.325 e. The first-order valence-electron chi connectivity index (χ1n) is 8.06. The van der Waals surface area contributed by atoms with Crippen molar-refractivity contribution in [1.82, 2.24) is 0 Å². The Morgan fingerprint density at radius 3 is 2.35 bits per heavy atom. The molecule has 0 spiro atoms. The number of hydrogen-bond donors (Lipinski definition) is 3. The fourth-order valence-corrected chi connectivity index (χ4v) is 2.20. The van der Waals surface area contributed by atoms with E-state index in [-0.39, 0.29) is 42.2 Å². The van der Waals surface area contributed by atoms with E-state index in [0.29, 0.717) is 5.69 Å². The van der Waals surface area contributed by atoms with Gasteiger partial charge in [-0.05, 0) is 29.7 Å². The van der Waals surface area contributed by atoms with Crippen LogP contribution in [0, 0.1) is 11.7 Å². The Balaban J connectivity index is 0.00000338. The Morgan fingerprint density at radius 2 is 1.73 bits per heavy atom. The van der Waals surface area contributed by atoms with Crippen LogP contribution in [0.2, 0.25) is 0 Å². The molecule has 0 radical (unpaired) electrons. The summed E-state index contributed by atoms with van der Waals surface area (Å²) in [5, 5.41) is 5.16. The first-order valence-corrected chi connectivity index (χ1v) is 8.06. The third-order valence-electron chi connectivity index (χ3n) is 3.74. The van der Waals surface area contributed by atoms with Crippen LogP contribution < -0.4 is 16.4 Å². The third kappa shape index (κ3) is 6.13. The van der Waals surface area contributed by atoms with Crippen LogP contribution in [0.4, 0.5) is 15.8 Å². The molecular formula is C19H23ClFN3O2. The van der Waals surface area contributed by atoms with Crippen molar-refractivity contribution in [2.75, 3.05) is 10.6 Å². The van der Waals surface area contributed by atoms with E-state index < -0.39 is 11.9 Å². The number of anilines is 2. The van der Waals surface area contributed by atoms with Crippen molar-refractivity contribution < 1.29 is 14.0 Å². The van der Waals surface area contributed by atoms with Gasteiger partial charge < -0.3 is 16.4 Å². The molecule has 2 rings (SSSR count). The zero-order valence-electron chi connectivity index (χ0n) is 14.7. The standard InChI is InChI=1S/C19H22FN3O2.ClH/c1-12(2)18(21)19(25)22-14-8-9-15(20)16(11-14)23-17(24)10-13-6-4-3-5-7-13;/h3-9,11-12,18H,10,21H2,1-2H3,(H,22,25)(H,23,24);1H/t18-;/m0./s1. The summed E-state index contributed by atoms with van der Waals surface area (Å²) in [4.78, 5) is 24.1. The molecule has 2 amide bonds. The quantitative estimate of drug-likeness (QED) is 0.719. The lowest BCUT2D eigenvalue weighted by atomic mass is 10.0. The van der Waals surface area contributed by atoms with Gasteiger partial charge in [0.2, 0.25) is 11.8 Å². The summed E-state index contributed by atoms with van der Waals surface area (Å²) < 4.78 is 13.9. The highest BCUT2D eigenvalue weighted by molar-refractivity contribution is 5.97. The van der Waals surface area contributed by atoms with Gasteiger partial charge in [0.05, 0.1) is 18.2 Å². The Hall–Kier alpha value is -2.44. The molecule has 0 fully saturated rings. The van der Waals surface area contributed by atoms with Gasteiger partial charge in [-0.2, -0.15) is 0 Å². The molecule has 5 nitrogen and oxygen atoms in total. The highest BCUT2D eigenvalue weighted by Gasteiger charge is 2.18. The van der Waals surface area contributed by atoms with Crippen LogP contribution in [0.1, 0.15) is 19.4 Å². The first-order chi connectivity index (χ1) is 11.9. The monoisotopic (exact) mass is 379 g/mol. The second-order valence-electron chi connectivity index (χ2n) is 6.16. The van der Waals surface area contributed by atoms with E-state index in [9.17, 15) is 14.0 Å². The van der Waals surface area contributed by atoms with E-state index >= 15 is 0 Å². The Bertz CT molecular complexity index is 754. The zero-order valence-corrected chi connectivity index (χ0v) is 15.5. The number of hydrogen-bond acceptors (Lipinski definition) is 3.